The van der Waals surface area contributed by atoms with Crippen LogP contribution in [0.4, 0.5) is 0 Å². The molecule has 0 aromatic heterocycles. The fourth-order valence-electron chi connectivity index (χ4n) is 2.38. The molecule has 52 valence electrons. The molecule has 0 amide bonds. The summed E-state index contributed by atoms with van der Waals surface area (Å²) in [5, 5.41) is 0. The number of hydrogen-bond donors (Lipinski definition) is 1. The van der Waals surface area contributed by atoms with Crippen LogP contribution < -0.4 is 5.84 Å². The number of nitrogens with two attached hydrogens (primary N) is 1. The van der Waals surface area contributed by atoms with Crippen LogP contribution >= 0.6 is 0 Å². The summed E-state index contributed by atoms with van der Waals surface area (Å²) in [6, 6.07) is 0.838. The second-order valence-corrected chi connectivity index (χ2v) is 3.49. The smallest absolute Gasteiger partial charge is 0.107 e. The fraction of sp³-hybridized carbons (Fsp3) is 1.00. The van der Waals surface area contributed by atoms with Gasteiger partial charge in [-0.05, 0) is 0 Å². The summed E-state index contributed by atoms with van der Waals surface area (Å²) in [7, 11) is 0. The van der Waals surface area contributed by atoms with Crippen LogP contribution in [0.3, 0.4) is 0 Å². The van der Waals surface area contributed by atoms with Gasteiger partial charge in [-0.15, -0.1) is 0 Å². The predicted octanol–water partition coefficient (Wildman–Crippen LogP) is 0.633. The van der Waals surface area contributed by atoms with Crippen molar-refractivity contribution >= 4 is 0 Å². The average molecular weight is 127 g/mol. The summed E-state index contributed by atoms with van der Waals surface area (Å²) < 4.78 is 0.917. The van der Waals surface area contributed by atoms with Gasteiger partial charge in [-0.3, -0.25) is 0 Å². The zero-order chi connectivity index (χ0) is 6.32. The molecule has 0 atom stereocenters. The van der Waals surface area contributed by atoms with Gasteiger partial charge < -0.3 is 0 Å². The van der Waals surface area contributed by atoms with E-state index in [1.807, 2.05) is 0 Å². The van der Waals surface area contributed by atoms with E-state index < -0.39 is 0 Å². The zero-order valence-electron chi connectivity index (χ0n) is 5.84. The molecule has 2 heterocycles. The van der Waals surface area contributed by atoms with Crippen molar-refractivity contribution in [1.82, 2.24) is 0 Å². The molecular weight excluding hydrogens is 112 g/mol. The van der Waals surface area contributed by atoms with Gasteiger partial charge in [0, 0.05) is 25.7 Å². The lowest BCUT2D eigenvalue weighted by Crippen LogP contribution is -2.53. The normalized spacial score (nSPS) is 49.7. The Morgan fingerprint density at radius 1 is 1.11 bits per heavy atom. The van der Waals surface area contributed by atoms with Crippen molar-refractivity contribution < 1.29 is 4.59 Å². The van der Waals surface area contributed by atoms with Crippen LogP contribution in [-0.4, -0.2) is 23.7 Å². The molecule has 0 bridgehead atoms. The minimum Gasteiger partial charge on any atom is -0.246 e. The molecule has 0 aromatic rings. The highest BCUT2D eigenvalue weighted by Crippen LogP contribution is 2.31. The third kappa shape index (κ3) is 0.700. The third-order valence-corrected chi connectivity index (χ3v) is 2.95. The predicted molar refractivity (Wildman–Crippen MR) is 36.4 cm³/mol. The summed E-state index contributed by atoms with van der Waals surface area (Å²) in [5.74, 6) is 6.10. The van der Waals surface area contributed by atoms with E-state index in [2.05, 4.69) is 0 Å². The molecule has 9 heavy (non-hydrogen) atoms. The van der Waals surface area contributed by atoms with Gasteiger partial charge in [-0.1, -0.05) is 0 Å². The molecule has 2 aliphatic heterocycles. The average Bonchev–Trinajstić information content (AvgIpc) is 2.22. The minimum absolute atomic E-state index is 0.838. The van der Waals surface area contributed by atoms with Gasteiger partial charge in [0.1, 0.15) is 6.04 Å². The van der Waals surface area contributed by atoms with E-state index in [4.69, 9.17) is 5.84 Å². The quantitative estimate of drug-likeness (QED) is 0.375. The lowest BCUT2D eigenvalue weighted by Gasteiger charge is -2.27. The van der Waals surface area contributed by atoms with Crippen molar-refractivity contribution in [3.63, 3.8) is 0 Å². The Bertz CT molecular complexity index is 112. The summed E-state index contributed by atoms with van der Waals surface area (Å²) in [6.45, 7) is 2.48. The second-order valence-electron chi connectivity index (χ2n) is 3.49. The maximum atomic E-state index is 6.10. The van der Waals surface area contributed by atoms with E-state index >= 15 is 0 Å². The molecule has 2 nitrogen and oxygen atoms in total. The molecular formula is C7H15N2+. The van der Waals surface area contributed by atoms with Crippen molar-refractivity contribution in [2.24, 2.45) is 5.84 Å². The number of rotatable bonds is 0. The Kier molecular flexibility index (Phi) is 1.08. The van der Waals surface area contributed by atoms with Gasteiger partial charge in [-0.25, -0.2) is 4.59 Å². The number of quaternary nitrogens is 1. The number of nitrogens with zero attached hydrogens (tertiary/aromatic N) is 1. The van der Waals surface area contributed by atoms with Crippen LogP contribution in [0.5, 0.6) is 0 Å². The summed E-state index contributed by atoms with van der Waals surface area (Å²) in [5.41, 5.74) is 0. The highest BCUT2D eigenvalue weighted by molar-refractivity contribution is 4.71. The van der Waals surface area contributed by atoms with Gasteiger partial charge in [0.25, 0.3) is 0 Å². The van der Waals surface area contributed by atoms with Crippen LogP contribution in [-0.2, 0) is 0 Å². The SMILES string of the molecule is N[N+]12CCCC1CCC2. The summed E-state index contributed by atoms with van der Waals surface area (Å²) in [4.78, 5) is 0. The van der Waals surface area contributed by atoms with E-state index in [9.17, 15) is 0 Å². The standard InChI is InChI=1S/C7H15N2/c8-9-5-1-3-7(9)4-2-6-9/h7H,1-6,8H2/q+1. The zero-order valence-corrected chi connectivity index (χ0v) is 5.84. The first-order valence-electron chi connectivity index (χ1n) is 3.97. The van der Waals surface area contributed by atoms with Crippen molar-refractivity contribution in [2.45, 2.75) is 31.7 Å². The molecule has 0 saturated carbocycles. The first kappa shape index (κ1) is 5.69. The van der Waals surface area contributed by atoms with E-state index in [-0.39, 0.29) is 0 Å². The van der Waals surface area contributed by atoms with Crippen LogP contribution in [0.2, 0.25) is 0 Å². The molecule has 2 heteroatoms. The van der Waals surface area contributed by atoms with Crippen molar-refractivity contribution in [3.8, 4) is 0 Å². The maximum absolute atomic E-state index is 6.10. The van der Waals surface area contributed by atoms with Crippen LogP contribution in [0.1, 0.15) is 25.7 Å². The summed E-state index contributed by atoms with van der Waals surface area (Å²) >= 11 is 0. The molecule has 2 saturated heterocycles. The molecule has 0 aliphatic carbocycles. The maximum Gasteiger partial charge on any atom is 0.107 e. The molecule has 0 spiro atoms. The number of hydrogen-bond acceptors (Lipinski definition) is 1. The monoisotopic (exact) mass is 127 g/mol. The second kappa shape index (κ2) is 1.70. The molecule has 0 radical (unpaired) electrons. The third-order valence-electron chi connectivity index (χ3n) is 2.95. The Labute approximate surface area is 56.2 Å². The van der Waals surface area contributed by atoms with Gasteiger partial charge in [0.05, 0.1) is 13.1 Å². The highest BCUT2D eigenvalue weighted by Gasteiger charge is 2.43. The Morgan fingerprint density at radius 3 is 2.11 bits per heavy atom. The van der Waals surface area contributed by atoms with Gasteiger partial charge in [-0.2, -0.15) is 5.84 Å². The van der Waals surface area contributed by atoms with Crippen LogP contribution in [0, 0.1) is 0 Å². The Hall–Kier alpha value is -0.0800. The topological polar surface area (TPSA) is 26.0 Å². The highest BCUT2D eigenvalue weighted by atomic mass is 15.6. The molecule has 0 unspecified atom stereocenters. The Balaban J connectivity index is 2.17. The first-order valence-corrected chi connectivity index (χ1v) is 3.97. The van der Waals surface area contributed by atoms with Crippen LogP contribution in [0.25, 0.3) is 0 Å². The Morgan fingerprint density at radius 2 is 1.67 bits per heavy atom. The van der Waals surface area contributed by atoms with Crippen LogP contribution in [0.15, 0.2) is 0 Å². The van der Waals surface area contributed by atoms with Crippen molar-refractivity contribution in [1.29, 1.82) is 0 Å². The van der Waals surface area contributed by atoms with Gasteiger partial charge in [0.15, 0.2) is 0 Å². The molecule has 0 aromatic carbocycles. The van der Waals surface area contributed by atoms with E-state index in [0.717, 1.165) is 10.6 Å². The van der Waals surface area contributed by atoms with Crippen molar-refractivity contribution in [3.05, 3.63) is 0 Å². The summed E-state index contributed by atoms with van der Waals surface area (Å²) in [6.07, 6.45) is 5.50. The lowest BCUT2D eigenvalue weighted by molar-refractivity contribution is -0.939. The molecule has 2 N–H and O–H groups in total. The molecule has 2 aliphatic rings. The van der Waals surface area contributed by atoms with Crippen molar-refractivity contribution in [2.75, 3.05) is 13.1 Å². The molecule has 2 rings (SSSR count). The van der Waals surface area contributed by atoms with E-state index in [0.29, 0.717) is 0 Å². The van der Waals surface area contributed by atoms with Gasteiger partial charge >= 0.3 is 0 Å². The van der Waals surface area contributed by atoms with E-state index in [1.54, 1.807) is 0 Å². The largest absolute Gasteiger partial charge is 0.246 e. The van der Waals surface area contributed by atoms with E-state index in [1.165, 1.54) is 38.8 Å². The lowest BCUT2D eigenvalue weighted by atomic mass is 10.2. The minimum atomic E-state index is 0.838. The first-order chi connectivity index (χ1) is 4.31. The number of fused-ring (bicyclic) bond motifs is 1. The molecule has 2 fully saturated rings. The van der Waals surface area contributed by atoms with Gasteiger partial charge in [0.2, 0.25) is 0 Å². The fourth-order valence-corrected chi connectivity index (χ4v) is 2.38.